The lowest BCUT2D eigenvalue weighted by atomic mass is 10.2. The standard InChI is InChI=1S/C14H19N3O/c1-3-15-8-13-10-17(11-16-13)9-12-5-4-6-14(7-12)18-2/h4-7,10-11,15H,3,8-9H2,1-2H3. The van der Waals surface area contributed by atoms with Crippen LogP contribution in [-0.2, 0) is 13.1 Å². The summed E-state index contributed by atoms with van der Waals surface area (Å²) in [4.78, 5) is 4.36. The van der Waals surface area contributed by atoms with E-state index in [2.05, 4.69) is 34.1 Å². The lowest BCUT2D eigenvalue weighted by Gasteiger charge is -2.05. The summed E-state index contributed by atoms with van der Waals surface area (Å²) in [5.74, 6) is 0.889. The second-order valence-corrected chi connectivity index (χ2v) is 4.17. The summed E-state index contributed by atoms with van der Waals surface area (Å²) >= 11 is 0. The zero-order chi connectivity index (χ0) is 12.8. The van der Waals surface area contributed by atoms with E-state index in [4.69, 9.17) is 4.74 Å². The Bertz CT molecular complexity index is 493. The molecule has 0 aliphatic carbocycles. The van der Waals surface area contributed by atoms with Crippen molar-refractivity contribution in [1.29, 1.82) is 0 Å². The third-order valence-electron chi connectivity index (χ3n) is 2.74. The predicted molar refractivity (Wildman–Crippen MR) is 71.7 cm³/mol. The summed E-state index contributed by atoms with van der Waals surface area (Å²) in [7, 11) is 1.69. The molecule has 1 N–H and O–H groups in total. The highest BCUT2D eigenvalue weighted by molar-refractivity contribution is 5.28. The van der Waals surface area contributed by atoms with Crippen LogP contribution in [0.2, 0.25) is 0 Å². The van der Waals surface area contributed by atoms with Gasteiger partial charge in [0.05, 0.1) is 19.1 Å². The number of rotatable bonds is 6. The maximum Gasteiger partial charge on any atom is 0.119 e. The number of nitrogens with zero attached hydrogens (tertiary/aromatic N) is 2. The molecule has 0 spiro atoms. The fraction of sp³-hybridized carbons (Fsp3) is 0.357. The molecule has 0 bridgehead atoms. The van der Waals surface area contributed by atoms with Crippen molar-refractivity contribution in [2.24, 2.45) is 0 Å². The smallest absolute Gasteiger partial charge is 0.119 e. The lowest BCUT2D eigenvalue weighted by molar-refractivity contribution is 0.414. The molecular weight excluding hydrogens is 226 g/mol. The van der Waals surface area contributed by atoms with Crippen molar-refractivity contribution in [3.63, 3.8) is 0 Å². The van der Waals surface area contributed by atoms with Crippen LogP contribution >= 0.6 is 0 Å². The number of hydrogen-bond donors (Lipinski definition) is 1. The molecule has 1 heterocycles. The van der Waals surface area contributed by atoms with Crippen molar-refractivity contribution < 1.29 is 4.74 Å². The molecule has 2 rings (SSSR count). The number of hydrogen-bond acceptors (Lipinski definition) is 3. The minimum absolute atomic E-state index is 0.816. The van der Waals surface area contributed by atoms with Crippen LogP contribution < -0.4 is 10.1 Å². The van der Waals surface area contributed by atoms with Crippen molar-refractivity contribution >= 4 is 0 Å². The number of imidazole rings is 1. The van der Waals surface area contributed by atoms with Crippen molar-refractivity contribution in [2.45, 2.75) is 20.0 Å². The summed E-state index contributed by atoms with van der Waals surface area (Å²) in [5, 5.41) is 3.26. The Morgan fingerprint density at radius 1 is 1.39 bits per heavy atom. The summed E-state index contributed by atoms with van der Waals surface area (Å²) in [6, 6.07) is 8.09. The van der Waals surface area contributed by atoms with Crippen molar-refractivity contribution in [2.75, 3.05) is 13.7 Å². The molecule has 0 saturated heterocycles. The molecule has 0 radical (unpaired) electrons. The van der Waals surface area contributed by atoms with Crippen LogP contribution in [0, 0.1) is 0 Å². The van der Waals surface area contributed by atoms with E-state index in [1.165, 1.54) is 5.56 Å². The Morgan fingerprint density at radius 2 is 2.28 bits per heavy atom. The zero-order valence-electron chi connectivity index (χ0n) is 10.9. The van der Waals surface area contributed by atoms with E-state index < -0.39 is 0 Å². The van der Waals surface area contributed by atoms with Crippen LogP contribution in [0.15, 0.2) is 36.8 Å². The van der Waals surface area contributed by atoms with E-state index in [1.807, 2.05) is 24.5 Å². The summed E-state index contributed by atoms with van der Waals surface area (Å²) in [6.45, 7) is 4.69. The number of ether oxygens (including phenoxy) is 1. The lowest BCUT2D eigenvalue weighted by Crippen LogP contribution is -2.11. The molecule has 0 atom stereocenters. The van der Waals surface area contributed by atoms with Gasteiger partial charge in [-0.1, -0.05) is 19.1 Å². The van der Waals surface area contributed by atoms with Crippen molar-refractivity contribution in [3.05, 3.63) is 48.0 Å². The van der Waals surface area contributed by atoms with E-state index in [0.717, 1.165) is 31.1 Å². The van der Waals surface area contributed by atoms with Crippen LogP contribution in [0.1, 0.15) is 18.2 Å². The minimum Gasteiger partial charge on any atom is -0.497 e. The Labute approximate surface area is 108 Å². The third-order valence-corrected chi connectivity index (χ3v) is 2.74. The second kappa shape index (κ2) is 6.21. The van der Waals surface area contributed by atoms with Gasteiger partial charge in [-0.2, -0.15) is 0 Å². The topological polar surface area (TPSA) is 39.1 Å². The Kier molecular flexibility index (Phi) is 4.36. The number of aromatic nitrogens is 2. The van der Waals surface area contributed by atoms with Crippen LogP contribution in [0.25, 0.3) is 0 Å². The largest absolute Gasteiger partial charge is 0.497 e. The molecule has 0 amide bonds. The predicted octanol–water partition coefficient (Wildman–Crippen LogP) is 2.05. The first-order valence-corrected chi connectivity index (χ1v) is 6.16. The van der Waals surface area contributed by atoms with E-state index >= 15 is 0 Å². The molecule has 0 unspecified atom stereocenters. The molecule has 1 aromatic carbocycles. The van der Waals surface area contributed by atoms with E-state index in [9.17, 15) is 0 Å². The van der Waals surface area contributed by atoms with Gasteiger partial charge in [0, 0.05) is 19.3 Å². The molecule has 2 aromatic rings. The van der Waals surface area contributed by atoms with E-state index in [1.54, 1.807) is 7.11 Å². The summed E-state index contributed by atoms with van der Waals surface area (Å²) in [5.41, 5.74) is 2.28. The Morgan fingerprint density at radius 3 is 3.06 bits per heavy atom. The van der Waals surface area contributed by atoms with Gasteiger partial charge in [0.25, 0.3) is 0 Å². The van der Waals surface area contributed by atoms with Gasteiger partial charge in [-0.3, -0.25) is 0 Å². The first-order chi connectivity index (χ1) is 8.81. The minimum atomic E-state index is 0.816. The van der Waals surface area contributed by atoms with Crippen LogP contribution in [0.3, 0.4) is 0 Å². The number of benzene rings is 1. The van der Waals surface area contributed by atoms with E-state index in [0.29, 0.717) is 0 Å². The molecule has 18 heavy (non-hydrogen) atoms. The average molecular weight is 245 g/mol. The highest BCUT2D eigenvalue weighted by Gasteiger charge is 2.00. The summed E-state index contributed by atoms with van der Waals surface area (Å²) in [6.07, 6.45) is 3.94. The highest BCUT2D eigenvalue weighted by atomic mass is 16.5. The van der Waals surface area contributed by atoms with Gasteiger partial charge in [-0.05, 0) is 24.2 Å². The maximum atomic E-state index is 5.22. The molecule has 4 nitrogen and oxygen atoms in total. The van der Waals surface area contributed by atoms with Gasteiger partial charge >= 0.3 is 0 Å². The summed E-state index contributed by atoms with van der Waals surface area (Å²) < 4.78 is 7.30. The zero-order valence-corrected chi connectivity index (χ0v) is 10.9. The second-order valence-electron chi connectivity index (χ2n) is 4.17. The Hall–Kier alpha value is -1.81. The highest BCUT2D eigenvalue weighted by Crippen LogP contribution is 2.13. The van der Waals surface area contributed by atoms with Gasteiger partial charge in [-0.25, -0.2) is 4.98 Å². The van der Waals surface area contributed by atoms with Gasteiger partial charge in [0.2, 0.25) is 0 Å². The SMILES string of the molecule is CCNCc1cn(Cc2cccc(OC)c2)cn1. The van der Waals surface area contributed by atoms with Crippen LogP contribution in [0.5, 0.6) is 5.75 Å². The fourth-order valence-corrected chi connectivity index (χ4v) is 1.82. The molecule has 96 valence electrons. The monoisotopic (exact) mass is 245 g/mol. The third kappa shape index (κ3) is 3.34. The fourth-order valence-electron chi connectivity index (χ4n) is 1.82. The molecule has 1 aromatic heterocycles. The Balaban J connectivity index is 2.01. The molecule has 0 aliphatic heterocycles. The van der Waals surface area contributed by atoms with Gasteiger partial charge < -0.3 is 14.6 Å². The number of nitrogens with one attached hydrogen (secondary N) is 1. The van der Waals surface area contributed by atoms with Crippen LogP contribution in [-0.4, -0.2) is 23.2 Å². The first-order valence-electron chi connectivity index (χ1n) is 6.16. The van der Waals surface area contributed by atoms with E-state index in [-0.39, 0.29) is 0 Å². The average Bonchev–Trinajstić information content (AvgIpc) is 2.84. The molecule has 4 heteroatoms. The maximum absolute atomic E-state index is 5.22. The van der Waals surface area contributed by atoms with Crippen molar-refractivity contribution in [1.82, 2.24) is 14.9 Å². The quantitative estimate of drug-likeness (QED) is 0.846. The van der Waals surface area contributed by atoms with Crippen LogP contribution in [0.4, 0.5) is 0 Å². The molecule has 0 saturated carbocycles. The molecular formula is C14H19N3O. The molecule has 0 fully saturated rings. The van der Waals surface area contributed by atoms with Gasteiger partial charge in [0.1, 0.15) is 5.75 Å². The van der Waals surface area contributed by atoms with Gasteiger partial charge in [0.15, 0.2) is 0 Å². The molecule has 0 aliphatic rings. The van der Waals surface area contributed by atoms with Crippen molar-refractivity contribution in [3.8, 4) is 5.75 Å². The normalized spacial score (nSPS) is 10.6. The van der Waals surface area contributed by atoms with Gasteiger partial charge in [-0.15, -0.1) is 0 Å². The first kappa shape index (κ1) is 12.6. The number of methoxy groups -OCH3 is 1.